The first kappa shape index (κ1) is 14.2. The quantitative estimate of drug-likeness (QED) is 0.942. The monoisotopic (exact) mass is 292 g/mol. The molecule has 4 nitrogen and oxygen atoms in total. The Hall–Kier alpha value is -1.79. The Morgan fingerprint density at radius 1 is 1.29 bits per heavy atom. The van der Waals surface area contributed by atoms with Crippen LogP contribution in [0.5, 0.6) is 0 Å². The van der Waals surface area contributed by atoms with Crippen molar-refractivity contribution in [1.82, 2.24) is 14.7 Å². The molecular weight excluding hydrogens is 274 g/mol. The second-order valence-electron chi connectivity index (χ2n) is 5.48. The fourth-order valence-corrected chi connectivity index (χ4v) is 2.71. The summed E-state index contributed by atoms with van der Waals surface area (Å²) in [5.41, 5.74) is 7.06. The Labute approximate surface area is 122 Å². The molecule has 112 valence electrons. The van der Waals surface area contributed by atoms with Crippen molar-refractivity contribution in [2.24, 2.45) is 5.73 Å². The van der Waals surface area contributed by atoms with E-state index in [9.17, 15) is 8.78 Å². The Morgan fingerprint density at radius 2 is 2.14 bits per heavy atom. The van der Waals surface area contributed by atoms with E-state index < -0.39 is 11.6 Å². The molecule has 0 saturated carbocycles. The number of nitrogens with zero attached hydrogens (tertiary/aromatic N) is 3. The van der Waals surface area contributed by atoms with Crippen LogP contribution in [0.4, 0.5) is 8.78 Å². The molecule has 1 aromatic heterocycles. The summed E-state index contributed by atoms with van der Waals surface area (Å²) in [6.07, 6.45) is 3.84. The number of nitrogens with two attached hydrogens (primary N) is 1. The molecule has 2 aromatic rings. The highest BCUT2D eigenvalue weighted by Gasteiger charge is 2.17. The van der Waals surface area contributed by atoms with Crippen LogP contribution in [0, 0.1) is 11.6 Å². The topological polar surface area (TPSA) is 47.1 Å². The van der Waals surface area contributed by atoms with Crippen molar-refractivity contribution in [2.75, 3.05) is 13.1 Å². The van der Waals surface area contributed by atoms with Gasteiger partial charge in [0.05, 0.1) is 5.69 Å². The van der Waals surface area contributed by atoms with E-state index in [-0.39, 0.29) is 11.7 Å². The van der Waals surface area contributed by atoms with Gasteiger partial charge in [0.15, 0.2) is 5.82 Å². The SMILES string of the molecule is NC1CCCN(Cc2ccn(-c3ccc(F)cc3F)n2)C1. The van der Waals surface area contributed by atoms with Gasteiger partial charge in [0.25, 0.3) is 0 Å². The van der Waals surface area contributed by atoms with Crippen molar-refractivity contribution in [3.8, 4) is 5.69 Å². The molecule has 21 heavy (non-hydrogen) atoms. The van der Waals surface area contributed by atoms with E-state index >= 15 is 0 Å². The third-order valence-corrected chi connectivity index (χ3v) is 3.73. The van der Waals surface area contributed by atoms with Crippen molar-refractivity contribution in [3.05, 3.63) is 47.8 Å². The summed E-state index contributed by atoms with van der Waals surface area (Å²) < 4.78 is 28.1. The summed E-state index contributed by atoms with van der Waals surface area (Å²) in [5.74, 6) is -1.21. The number of hydrogen-bond acceptors (Lipinski definition) is 3. The summed E-state index contributed by atoms with van der Waals surface area (Å²) in [7, 11) is 0. The van der Waals surface area contributed by atoms with Crippen molar-refractivity contribution < 1.29 is 8.78 Å². The van der Waals surface area contributed by atoms with Crippen LogP contribution in [0.25, 0.3) is 5.69 Å². The van der Waals surface area contributed by atoms with Crippen LogP contribution >= 0.6 is 0 Å². The average Bonchev–Trinajstić information content (AvgIpc) is 2.87. The Kier molecular flexibility index (Phi) is 3.98. The van der Waals surface area contributed by atoms with Crippen molar-refractivity contribution in [2.45, 2.75) is 25.4 Å². The molecule has 3 rings (SSSR count). The lowest BCUT2D eigenvalue weighted by Crippen LogP contribution is -2.42. The summed E-state index contributed by atoms with van der Waals surface area (Å²) in [4.78, 5) is 2.25. The minimum absolute atomic E-state index is 0.218. The number of benzene rings is 1. The van der Waals surface area contributed by atoms with Gasteiger partial charge in [0, 0.05) is 31.4 Å². The van der Waals surface area contributed by atoms with E-state index in [1.54, 1.807) is 6.20 Å². The standard InChI is InChI=1S/C15H18F2N4/c16-11-3-4-15(14(17)8-11)21-7-5-13(19-21)10-20-6-1-2-12(18)9-20/h3-5,7-8,12H,1-2,6,9-10,18H2. The Morgan fingerprint density at radius 3 is 2.90 bits per heavy atom. The summed E-state index contributed by atoms with van der Waals surface area (Å²) in [5, 5.41) is 4.36. The molecule has 1 aliphatic rings. The number of rotatable bonds is 3. The van der Waals surface area contributed by atoms with E-state index in [0.29, 0.717) is 6.54 Å². The highest BCUT2D eigenvalue weighted by atomic mass is 19.1. The van der Waals surface area contributed by atoms with E-state index in [4.69, 9.17) is 5.73 Å². The van der Waals surface area contributed by atoms with Gasteiger partial charge in [-0.3, -0.25) is 4.90 Å². The Balaban J connectivity index is 1.74. The van der Waals surface area contributed by atoms with Gasteiger partial charge in [0.1, 0.15) is 11.5 Å². The molecule has 6 heteroatoms. The molecule has 0 amide bonds. The van der Waals surface area contributed by atoms with Crippen LogP contribution in [0.1, 0.15) is 18.5 Å². The number of hydrogen-bond donors (Lipinski definition) is 1. The molecule has 1 aliphatic heterocycles. The van der Waals surface area contributed by atoms with Crippen molar-refractivity contribution in [1.29, 1.82) is 0 Å². The fraction of sp³-hybridized carbons (Fsp3) is 0.400. The van der Waals surface area contributed by atoms with Gasteiger partial charge >= 0.3 is 0 Å². The van der Waals surface area contributed by atoms with Crippen LogP contribution < -0.4 is 5.73 Å². The molecule has 0 radical (unpaired) electrons. The zero-order chi connectivity index (χ0) is 14.8. The molecule has 0 aliphatic carbocycles. The first-order valence-corrected chi connectivity index (χ1v) is 7.10. The van der Waals surface area contributed by atoms with Gasteiger partial charge < -0.3 is 5.73 Å². The number of piperidine rings is 1. The van der Waals surface area contributed by atoms with E-state index in [2.05, 4.69) is 10.00 Å². The minimum atomic E-state index is -0.621. The van der Waals surface area contributed by atoms with Crippen LogP contribution in [0.15, 0.2) is 30.5 Å². The zero-order valence-corrected chi connectivity index (χ0v) is 11.7. The van der Waals surface area contributed by atoms with Crippen LogP contribution in [-0.4, -0.2) is 33.8 Å². The van der Waals surface area contributed by atoms with Gasteiger partial charge in [-0.1, -0.05) is 0 Å². The second kappa shape index (κ2) is 5.91. The molecule has 0 spiro atoms. The predicted octanol–water partition coefficient (Wildman–Crippen LogP) is 2.07. The fourth-order valence-electron chi connectivity index (χ4n) is 2.71. The van der Waals surface area contributed by atoms with Crippen LogP contribution in [-0.2, 0) is 6.54 Å². The summed E-state index contributed by atoms with van der Waals surface area (Å²) >= 11 is 0. The van der Waals surface area contributed by atoms with Gasteiger partial charge in [-0.05, 0) is 37.6 Å². The minimum Gasteiger partial charge on any atom is -0.327 e. The third-order valence-electron chi connectivity index (χ3n) is 3.73. The van der Waals surface area contributed by atoms with Crippen LogP contribution in [0.3, 0.4) is 0 Å². The van der Waals surface area contributed by atoms with E-state index in [1.807, 2.05) is 6.07 Å². The molecule has 2 N–H and O–H groups in total. The molecule has 2 heterocycles. The maximum absolute atomic E-state index is 13.7. The summed E-state index contributed by atoms with van der Waals surface area (Å²) in [6, 6.07) is 5.54. The second-order valence-corrected chi connectivity index (χ2v) is 5.48. The lowest BCUT2D eigenvalue weighted by molar-refractivity contribution is 0.199. The van der Waals surface area contributed by atoms with Gasteiger partial charge in [-0.2, -0.15) is 5.10 Å². The summed E-state index contributed by atoms with van der Waals surface area (Å²) in [6.45, 7) is 2.56. The predicted molar refractivity (Wildman–Crippen MR) is 76.0 cm³/mol. The largest absolute Gasteiger partial charge is 0.327 e. The first-order valence-electron chi connectivity index (χ1n) is 7.10. The van der Waals surface area contributed by atoms with Crippen molar-refractivity contribution in [3.63, 3.8) is 0 Å². The molecule has 1 saturated heterocycles. The van der Waals surface area contributed by atoms with E-state index in [1.165, 1.54) is 16.8 Å². The maximum Gasteiger partial charge on any atom is 0.151 e. The van der Waals surface area contributed by atoms with Gasteiger partial charge in [-0.15, -0.1) is 0 Å². The van der Waals surface area contributed by atoms with Crippen molar-refractivity contribution >= 4 is 0 Å². The lowest BCUT2D eigenvalue weighted by Gasteiger charge is -2.29. The normalized spacial score (nSPS) is 19.9. The number of halogens is 2. The highest BCUT2D eigenvalue weighted by Crippen LogP contribution is 2.16. The smallest absolute Gasteiger partial charge is 0.151 e. The number of likely N-dealkylation sites (tertiary alicyclic amines) is 1. The third kappa shape index (κ3) is 3.28. The average molecular weight is 292 g/mol. The molecule has 1 unspecified atom stereocenters. The highest BCUT2D eigenvalue weighted by molar-refractivity contribution is 5.33. The van der Waals surface area contributed by atoms with Gasteiger partial charge in [0.2, 0.25) is 0 Å². The van der Waals surface area contributed by atoms with E-state index in [0.717, 1.165) is 37.7 Å². The Bertz CT molecular complexity index is 626. The zero-order valence-electron chi connectivity index (χ0n) is 11.7. The van der Waals surface area contributed by atoms with Gasteiger partial charge in [-0.25, -0.2) is 13.5 Å². The number of aromatic nitrogens is 2. The first-order chi connectivity index (χ1) is 10.1. The maximum atomic E-state index is 13.7. The molecule has 1 aromatic carbocycles. The molecule has 1 fully saturated rings. The van der Waals surface area contributed by atoms with Crippen LogP contribution in [0.2, 0.25) is 0 Å². The molecular formula is C15H18F2N4. The molecule has 0 bridgehead atoms. The lowest BCUT2D eigenvalue weighted by atomic mass is 10.1. The molecule has 1 atom stereocenters.